The SMILES string of the molecule is CCc1nccn1CCCNC1CC1. The topological polar surface area (TPSA) is 29.9 Å². The van der Waals surface area contributed by atoms with E-state index in [9.17, 15) is 0 Å². The molecule has 0 aliphatic heterocycles. The second-order valence-corrected chi connectivity index (χ2v) is 3.97. The Hall–Kier alpha value is -0.830. The van der Waals surface area contributed by atoms with Crippen molar-refractivity contribution in [2.75, 3.05) is 6.54 Å². The van der Waals surface area contributed by atoms with E-state index in [1.165, 1.54) is 25.1 Å². The van der Waals surface area contributed by atoms with Gasteiger partial charge in [-0.1, -0.05) is 6.92 Å². The Balaban J connectivity index is 1.68. The van der Waals surface area contributed by atoms with E-state index in [0.717, 1.165) is 25.6 Å². The van der Waals surface area contributed by atoms with E-state index in [4.69, 9.17) is 0 Å². The molecule has 0 aromatic carbocycles. The Morgan fingerprint density at radius 1 is 1.57 bits per heavy atom. The average Bonchev–Trinajstić information content (AvgIpc) is 2.91. The fourth-order valence-electron chi connectivity index (χ4n) is 1.70. The molecule has 0 bridgehead atoms. The van der Waals surface area contributed by atoms with Crippen LogP contribution in [0.25, 0.3) is 0 Å². The average molecular weight is 193 g/mol. The van der Waals surface area contributed by atoms with E-state index in [0.29, 0.717) is 0 Å². The molecule has 1 aromatic rings. The molecule has 1 aromatic heterocycles. The summed E-state index contributed by atoms with van der Waals surface area (Å²) in [6, 6.07) is 0.837. The first-order valence-corrected chi connectivity index (χ1v) is 5.63. The predicted octanol–water partition coefficient (Wildman–Crippen LogP) is 1.59. The van der Waals surface area contributed by atoms with E-state index in [1.807, 2.05) is 6.20 Å². The van der Waals surface area contributed by atoms with Gasteiger partial charge in [0.25, 0.3) is 0 Å². The summed E-state index contributed by atoms with van der Waals surface area (Å²) in [6.07, 6.45) is 8.97. The number of hydrogen-bond acceptors (Lipinski definition) is 2. The maximum Gasteiger partial charge on any atom is 0.108 e. The molecule has 1 heterocycles. The van der Waals surface area contributed by atoms with Gasteiger partial charge in [0.1, 0.15) is 5.82 Å². The summed E-state index contributed by atoms with van der Waals surface area (Å²) in [5.74, 6) is 1.21. The highest BCUT2D eigenvalue weighted by atomic mass is 15.1. The Labute approximate surface area is 85.5 Å². The van der Waals surface area contributed by atoms with Crippen molar-refractivity contribution in [3.63, 3.8) is 0 Å². The third-order valence-corrected chi connectivity index (χ3v) is 2.70. The summed E-state index contributed by atoms with van der Waals surface area (Å²) >= 11 is 0. The number of hydrogen-bond donors (Lipinski definition) is 1. The Kier molecular flexibility index (Phi) is 3.19. The van der Waals surface area contributed by atoms with Crippen LogP contribution >= 0.6 is 0 Å². The number of rotatable bonds is 6. The first-order valence-electron chi connectivity index (χ1n) is 5.63. The van der Waals surface area contributed by atoms with Crippen LogP contribution in [0.3, 0.4) is 0 Å². The van der Waals surface area contributed by atoms with Gasteiger partial charge in [-0.3, -0.25) is 0 Å². The van der Waals surface area contributed by atoms with Gasteiger partial charge < -0.3 is 9.88 Å². The monoisotopic (exact) mass is 193 g/mol. The van der Waals surface area contributed by atoms with Gasteiger partial charge in [-0.2, -0.15) is 0 Å². The first-order chi connectivity index (χ1) is 6.90. The molecule has 3 nitrogen and oxygen atoms in total. The molecule has 0 saturated heterocycles. The minimum absolute atomic E-state index is 0.837. The van der Waals surface area contributed by atoms with Gasteiger partial charge in [0, 0.05) is 31.4 Å². The third kappa shape index (κ3) is 2.58. The fourth-order valence-corrected chi connectivity index (χ4v) is 1.70. The first kappa shape index (κ1) is 9.71. The molecule has 1 aliphatic rings. The highest BCUT2D eigenvalue weighted by Crippen LogP contribution is 2.18. The lowest BCUT2D eigenvalue weighted by Gasteiger charge is -2.06. The number of aromatic nitrogens is 2. The molecule has 0 atom stereocenters. The normalized spacial score (nSPS) is 16.1. The summed E-state index contributed by atoms with van der Waals surface area (Å²) in [4.78, 5) is 4.30. The molecular weight excluding hydrogens is 174 g/mol. The highest BCUT2D eigenvalue weighted by molar-refractivity contribution is 4.91. The van der Waals surface area contributed by atoms with Crippen LogP contribution in [0.15, 0.2) is 12.4 Å². The van der Waals surface area contributed by atoms with Crippen LogP contribution in [-0.4, -0.2) is 22.1 Å². The van der Waals surface area contributed by atoms with Crippen LogP contribution in [0.1, 0.15) is 32.0 Å². The summed E-state index contributed by atoms with van der Waals surface area (Å²) in [5.41, 5.74) is 0. The molecule has 1 fully saturated rings. The maximum absolute atomic E-state index is 4.30. The molecule has 0 radical (unpaired) electrons. The minimum atomic E-state index is 0.837. The lowest BCUT2D eigenvalue weighted by atomic mass is 10.4. The van der Waals surface area contributed by atoms with E-state index in [2.05, 4.69) is 28.0 Å². The summed E-state index contributed by atoms with van der Waals surface area (Å²) < 4.78 is 2.26. The Morgan fingerprint density at radius 3 is 3.14 bits per heavy atom. The predicted molar refractivity (Wildman–Crippen MR) is 57.2 cm³/mol. The maximum atomic E-state index is 4.30. The van der Waals surface area contributed by atoms with Crippen molar-refractivity contribution >= 4 is 0 Å². The Morgan fingerprint density at radius 2 is 2.43 bits per heavy atom. The van der Waals surface area contributed by atoms with E-state index in [1.54, 1.807) is 0 Å². The molecule has 2 rings (SSSR count). The zero-order chi connectivity index (χ0) is 9.80. The van der Waals surface area contributed by atoms with Crippen LogP contribution in [0.4, 0.5) is 0 Å². The molecule has 0 spiro atoms. The quantitative estimate of drug-likeness (QED) is 0.695. The Bertz CT molecular complexity index is 276. The minimum Gasteiger partial charge on any atom is -0.335 e. The fraction of sp³-hybridized carbons (Fsp3) is 0.727. The number of imidazole rings is 1. The molecule has 0 amide bonds. The van der Waals surface area contributed by atoms with Crippen LogP contribution < -0.4 is 5.32 Å². The van der Waals surface area contributed by atoms with Gasteiger partial charge in [-0.25, -0.2) is 4.98 Å². The zero-order valence-corrected chi connectivity index (χ0v) is 8.87. The molecule has 1 saturated carbocycles. The summed E-state index contributed by atoms with van der Waals surface area (Å²) in [6.45, 7) is 4.40. The van der Waals surface area contributed by atoms with Gasteiger partial charge in [0.15, 0.2) is 0 Å². The molecule has 3 heteroatoms. The molecular formula is C11H19N3. The van der Waals surface area contributed by atoms with Crippen LogP contribution in [0.2, 0.25) is 0 Å². The van der Waals surface area contributed by atoms with Gasteiger partial charge in [0.2, 0.25) is 0 Å². The van der Waals surface area contributed by atoms with Crippen molar-refractivity contribution in [3.8, 4) is 0 Å². The lowest BCUT2D eigenvalue weighted by Crippen LogP contribution is -2.19. The molecule has 78 valence electrons. The highest BCUT2D eigenvalue weighted by Gasteiger charge is 2.19. The van der Waals surface area contributed by atoms with E-state index >= 15 is 0 Å². The zero-order valence-electron chi connectivity index (χ0n) is 8.87. The van der Waals surface area contributed by atoms with Crippen molar-refractivity contribution in [2.24, 2.45) is 0 Å². The number of aryl methyl sites for hydroxylation is 2. The van der Waals surface area contributed by atoms with Crippen LogP contribution in [0, 0.1) is 0 Å². The smallest absolute Gasteiger partial charge is 0.108 e. The van der Waals surface area contributed by atoms with Crippen molar-refractivity contribution in [3.05, 3.63) is 18.2 Å². The van der Waals surface area contributed by atoms with Crippen LogP contribution in [0.5, 0.6) is 0 Å². The van der Waals surface area contributed by atoms with E-state index in [-0.39, 0.29) is 0 Å². The molecule has 14 heavy (non-hydrogen) atoms. The van der Waals surface area contributed by atoms with Gasteiger partial charge in [-0.05, 0) is 25.8 Å². The van der Waals surface area contributed by atoms with Crippen molar-refractivity contribution in [1.29, 1.82) is 0 Å². The van der Waals surface area contributed by atoms with E-state index < -0.39 is 0 Å². The molecule has 1 aliphatic carbocycles. The second kappa shape index (κ2) is 4.60. The van der Waals surface area contributed by atoms with Crippen molar-refractivity contribution in [1.82, 2.24) is 14.9 Å². The van der Waals surface area contributed by atoms with Crippen LogP contribution in [-0.2, 0) is 13.0 Å². The number of nitrogens with zero attached hydrogens (tertiary/aromatic N) is 2. The molecule has 1 N–H and O–H groups in total. The van der Waals surface area contributed by atoms with Gasteiger partial charge >= 0.3 is 0 Å². The summed E-state index contributed by atoms with van der Waals surface area (Å²) in [7, 11) is 0. The lowest BCUT2D eigenvalue weighted by molar-refractivity contribution is 0.565. The summed E-state index contributed by atoms with van der Waals surface area (Å²) in [5, 5.41) is 3.52. The third-order valence-electron chi connectivity index (χ3n) is 2.70. The second-order valence-electron chi connectivity index (χ2n) is 3.97. The number of nitrogens with one attached hydrogen (secondary N) is 1. The standard InChI is InChI=1S/C11H19N3/c1-2-11-13-7-9-14(11)8-3-6-12-10-4-5-10/h7,9-10,12H,2-6,8H2,1H3. The van der Waals surface area contributed by atoms with Gasteiger partial charge in [0.05, 0.1) is 0 Å². The van der Waals surface area contributed by atoms with Crippen molar-refractivity contribution in [2.45, 2.75) is 45.2 Å². The van der Waals surface area contributed by atoms with Crippen molar-refractivity contribution < 1.29 is 0 Å². The molecule has 0 unspecified atom stereocenters. The largest absolute Gasteiger partial charge is 0.335 e. The van der Waals surface area contributed by atoms with Gasteiger partial charge in [-0.15, -0.1) is 0 Å².